The number of hydrogen-bond donors (Lipinski definition) is 1. The van der Waals surface area contributed by atoms with E-state index in [1.807, 2.05) is 11.0 Å². The Kier molecular flexibility index (Phi) is 4.33. The normalized spacial score (nSPS) is 21.9. The van der Waals surface area contributed by atoms with Crippen LogP contribution in [0, 0.1) is 0 Å². The Labute approximate surface area is 141 Å². The van der Waals surface area contributed by atoms with Crippen LogP contribution in [0.2, 0.25) is 0 Å². The van der Waals surface area contributed by atoms with Crippen LogP contribution >= 0.6 is 23.2 Å². The minimum atomic E-state index is 0.199. The Hall–Kier alpha value is -1.26. The van der Waals surface area contributed by atoms with Crippen LogP contribution < -0.4 is 5.84 Å². The number of benzene rings is 2. The van der Waals surface area contributed by atoms with Gasteiger partial charge < -0.3 is 4.90 Å². The topological polar surface area (TPSA) is 29.3 Å². The fourth-order valence-electron chi connectivity index (χ4n) is 2.99. The van der Waals surface area contributed by atoms with E-state index in [4.69, 9.17) is 29.0 Å². The van der Waals surface area contributed by atoms with Crippen LogP contribution in [-0.4, -0.2) is 22.7 Å². The van der Waals surface area contributed by atoms with Gasteiger partial charge in [-0.2, -0.15) is 10.4 Å². The first kappa shape index (κ1) is 15.6. The fraction of sp³-hybridized carbons (Fsp3) is 0.294. The number of halogens is 2. The third-order valence-electron chi connectivity index (χ3n) is 4.07. The summed E-state index contributed by atoms with van der Waals surface area (Å²) in [6.45, 7) is 4.19. The van der Waals surface area contributed by atoms with Crippen molar-refractivity contribution in [1.29, 1.82) is 0 Å². The van der Waals surface area contributed by atoms with E-state index in [9.17, 15) is 0 Å². The Morgan fingerprint density at radius 2 is 1.86 bits per heavy atom. The molecule has 0 spiro atoms. The second kappa shape index (κ2) is 6.09. The van der Waals surface area contributed by atoms with Gasteiger partial charge in [0.2, 0.25) is 0 Å². The number of quaternary nitrogens is 1. The largest absolute Gasteiger partial charge is 0.303 e. The van der Waals surface area contributed by atoms with Gasteiger partial charge in [-0.05, 0) is 40.4 Å². The minimum Gasteiger partial charge on any atom is -0.303 e. The summed E-state index contributed by atoms with van der Waals surface area (Å²) in [6.07, 6.45) is 0.959. The lowest BCUT2D eigenvalue weighted by Crippen LogP contribution is -2.53. The summed E-state index contributed by atoms with van der Waals surface area (Å²) in [6, 6.07) is 14.8. The Morgan fingerprint density at radius 1 is 1.14 bits per heavy atom. The quantitative estimate of drug-likeness (QED) is 0.511. The fourth-order valence-corrected chi connectivity index (χ4v) is 3.53. The van der Waals surface area contributed by atoms with Gasteiger partial charge in [-0.25, -0.2) is 0 Å². The average Bonchev–Trinajstić information content (AvgIpc) is 2.72. The van der Waals surface area contributed by atoms with E-state index in [1.165, 1.54) is 16.3 Å². The second-order valence-electron chi connectivity index (χ2n) is 5.86. The Bertz CT molecular complexity index is 729. The summed E-state index contributed by atoms with van der Waals surface area (Å²) in [5, 5.41) is 3.56. The molecule has 1 unspecified atom stereocenters. The van der Waals surface area contributed by atoms with E-state index in [1.54, 1.807) is 0 Å². The molecule has 0 saturated heterocycles. The zero-order chi connectivity index (χ0) is 15.7. The van der Waals surface area contributed by atoms with E-state index in [0.29, 0.717) is 23.5 Å². The van der Waals surface area contributed by atoms with Crippen molar-refractivity contribution in [3.8, 4) is 0 Å². The smallest absolute Gasteiger partial charge is 0.258 e. The van der Waals surface area contributed by atoms with Crippen molar-refractivity contribution in [2.24, 2.45) is 5.84 Å². The van der Waals surface area contributed by atoms with E-state index < -0.39 is 0 Å². The van der Waals surface area contributed by atoms with Crippen molar-refractivity contribution in [3.05, 3.63) is 58.3 Å². The first-order valence-corrected chi connectivity index (χ1v) is 8.23. The third kappa shape index (κ3) is 2.82. The lowest BCUT2D eigenvalue weighted by molar-refractivity contribution is -0.899. The lowest BCUT2D eigenvalue weighted by Gasteiger charge is -2.28. The molecule has 116 valence electrons. The number of fused-ring (bicyclic) bond motifs is 1. The zero-order valence-electron chi connectivity index (χ0n) is 12.6. The maximum absolute atomic E-state index is 6.39. The first-order valence-electron chi connectivity index (χ1n) is 7.47. The molecule has 0 saturated carbocycles. The van der Waals surface area contributed by atoms with Crippen LogP contribution in [0.1, 0.15) is 18.9 Å². The van der Waals surface area contributed by atoms with Crippen LogP contribution in [0.4, 0.5) is 0 Å². The van der Waals surface area contributed by atoms with Crippen molar-refractivity contribution in [3.63, 3.8) is 0 Å². The van der Waals surface area contributed by atoms with Gasteiger partial charge in [0.05, 0.1) is 0 Å². The summed E-state index contributed by atoms with van der Waals surface area (Å²) < 4.78 is 0.199. The molecule has 3 rings (SSSR count). The number of nitrogens with two attached hydrogens (primary N) is 1. The Morgan fingerprint density at radius 3 is 2.59 bits per heavy atom. The van der Waals surface area contributed by atoms with E-state index in [-0.39, 0.29) is 4.59 Å². The molecule has 2 aromatic carbocycles. The van der Waals surface area contributed by atoms with Gasteiger partial charge in [-0.15, -0.1) is 0 Å². The highest BCUT2D eigenvalue weighted by atomic mass is 35.5. The van der Waals surface area contributed by atoms with Gasteiger partial charge in [0.15, 0.2) is 11.8 Å². The highest BCUT2D eigenvalue weighted by Crippen LogP contribution is 2.34. The number of hydrogen-bond acceptors (Lipinski definition) is 2. The highest BCUT2D eigenvalue weighted by molar-refractivity contribution is 6.38. The maximum atomic E-state index is 6.39. The first-order chi connectivity index (χ1) is 10.5. The van der Waals surface area contributed by atoms with Crippen molar-refractivity contribution < 1.29 is 4.59 Å². The Balaban J connectivity index is 1.83. The summed E-state index contributed by atoms with van der Waals surface area (Å²) >= 11 is 12.8. The predicted octanol–water partition coefficient (Wildman–Crippen LogP) is 4.32. The van der Waals surface area contributed by atoms with E-state index in [2.05, 4.69) is 43.3 Å². The molecule has 0 bridgehead atoms. The molecule has 0 radical (unpaired) electrons. The van der Waals surface area contributed by atoms with Crippen molar-refractivity contribution in [1.82, 2.24) is 4.90 Å². The molecule has 3 nitrogen and oxygen atoms in total. The van der Waals surface area contributed by atoms with Crippen LogP contribution in [0.3, 0.4) is 0 Å². The van der Waals surface area contributed by atoms with Crippen molar-refractivity contribution in [2.75, 3.05) is 13.2 Å². The zero-order valence-corrected chi connectivity index (χ0v) is 14.1. The predicted molar refractivity (Wildman–Crippen MR) is 92.7 cm³/mol. The minimum absolute atomic E-state index is 0.199. The summed E-state index contributed by atoms with van der Waals surface area (Å²) in [5.41, 5.74) is 1.20. The molecule has 1 atom stereocenters. The van der Waals surface area contributed by atoms with Crippen LogP contribution in [-0.2, 0) is 6.54 Å². The molecular formula is C17H20Cl2N3+. The SMILES string of the molecule is CCC[N+]1(N)CN(Cc2ccc3ccccc3c2)C(Cl)=C1Cl. The van der Waals surface area contributed by atoms with E-state index >= 15 is 0 Å². The lowest BCUT2D eigenvalue weighted by atomic mass is 10.1. The van der Waals surface area contributed by atoms with Gasteiger partial charge in [-0.1, -0.05) is 54.9 Å². The molecule has 0 fully saturated rings. The van der Waals surface area contributed by atoms with Gasteiger partial charge in [0.25, 0.3) is 5.16 Å². The molecule has 0 aliphatic carbocycles. The highest BCUT2D eigenvalue weighted by Gasteiger charge is 2.41. The molecule has 1 aliphatic rings. The molecule has 1 aliphatic heterocycles. The van der Waals surface area contributed by atoms with Gasteiger partial charge >= 0.3 is 0 Å². The van der Waals surface area contributed by atoms with Crippen LogP contribution in [0.25, 0.3) is 10.8 Å². The number of rotatable bonds is 4. The maximum Gasteiger partial charge on any atom is 0.258 e. The molecule has 1 heterocycles. The summed E-state index contributed by atoms with van der Waals surface area (Å²) in [4.78, 5) is 2.05. The molecule has 2 aromatic rings. The summed E-state index contributed by atoms with van der Waals surface area (Å²) in [5.74, 6) is 6.36. The standard InChI is InChI=1S/C17H20Cl2N3/c1-2-9-22(20)12-21(16(18)17(22)19)11-13-7-8-14-5-3-4-6-15(14)10-13/h3-8,10H,2,9,11-12,20H2,1H3/q+1. The summed E-state index contributed by atoms with van der Waals surface area (Å²) in [7, 11) is 0. The molecular weight excluding hydrogens is 317 g/mol. The average molecular weight is 337 g/mol. The molecule has 0 amide bonds. The van der Waals surface area contributed by atoms with Gasteiger partial charge in [-0.3, -0.25) is 0 Å². The third-order valence-corrected chi connectivity index (χ3v) is 5.10. The van der Waals surface area contributed by atoms with Gasteiger partial charge in [0, 0.05) is 6.54 Å². The molecule has 0 aromatic heterocycles. The van der Waals surface area contributed by atoms with Gasteiger partial charge in [0.1, 0.15) is 6.54 Å². The molecule has 2 N–H and O–H groups in total. The number of nitrogens with zero attached hydrogens (tertiary/aromatic N) is 2. The molecule has 22 heavy (non-hydrogen) atoms. The van der Waals surface area contributed by atoms with Crippen LogP contribution in [0.15, 0.2) is 52.8 Å². The van der Waals surface area contributed by atoms with Crippen LogP contribution in [0.5, 0.6) is 0 Å². The second-order valence-corrected chi connectivity index (χ2v) is 6.58. The van der Waals surface area contributed by atoms with Crippen molar-refractivity contribution in [2.45, 2.75) is 19.9 Å². The molecule has 5 heteroatoms. The van der Waals surface area contributed by atoms with Crippen molar-refractivity contribution >= 4 is 34.0 Å². The van der Waals surface area contributed by atoms with E-state index in [0.717, 1.165) is 13.0 Å². The monoisotopic (exact) mass is 336 g/mol.